The van der Waals surface area contributed by atoms with E-state index in [-0.39, 0.29) is 32.2 Å². The van der Waals surface area contributed by atoms with Crippen LogP contribution in [0.15, 0.2) is 12.2 Å². The molecule has 0 aromatic carbocycles. The monoisotopic (exact) mass is 1400 g/mol. The van der Waals surface area contributed by atoms with Gasteiger partial charge in [-0.25, -0.2) is 0 Å². The highest BCUT2D eigenvalue weighted by Gasteiger charge is 2.22. The third-order valence-corrected chi connectivity index (χ3v) is 21.0. The Labute approximate surface area is 618 Å². The second-order valence-corrected chi connectivity index (χ2v) is 32.3. The maximum atomic E-state index is 13.0. The Morgan fingerprint density at radius 1 is 0.293 bits per heavy atom. The van der Waals surface area contributed by atoms with Crippen LogP contribution in [0.3, 0.4) is 0 Å². The van der Waals surface area contributed by atoms with Crippen molar-refractivity contribution < 1.29 is 42.9 Å². The van der Waals surface area contributed by atoms with E-state index in [1.165, 1.54) is 424 Å². The van der Waals surface area contributed by atoms with Crippen molar-refractivity contribution in [3.63, 3.8) is 0 Å². The fourth-order valence-corrected chi connectivity index (χ4v) is 14.2. The molecule has 0 saturated carbocycles. The van der Waals surface area contributed by atoms with Gasteiger partial charge in [-0.15, -0.1) is 0 Å². The van der Waals surface area contributed by atoms with E-state index in [1.54, 1.807) is 0 Å². The molecule has 2 unspecified atom stereocenters. The number of aliphatic carboxylic acids is 1. The lowest BCUT2D eigenvalue weighted by Crippen LogP contribution is -2.44. The number of carbonyl (C=O) groups excluding carboxylic acids is 3. The molecule has 0 aromatic heterocycles. The van der Waals surface area contributed by atoms with E-state index in [2.05, 4.69) is 26.0 Å². The summed E-state index contributed by atoms with van der Waals surface area (Å²) in [5.41, 5.74) is 0. The van der Waals surface area contributed by atoms with Gasteiger partial charge in [0.1, 0.15) is 13.2 Å². The smallest absolute Gasteiger partial charge is 0.306 e. The van der Waals surface area contributed by atoms with Crippen molar-refractivity contribution in [3.05, 3.63) is 12.2 Å². The molecule has 588 valence electrons. The van der Waals surface area contributed by atoms with Crippen molar-refractivity contribution in [3.8, 4) is 0 Å². The Hall–Kier alpha value is -1.97. The van der Waals surface area contributed by atoms with Gasteiger partial charge in [-0.1, -0.05) is 450 Å². The molecule has 0 heterocycles. The van der Waals surface area contributed by atoms with Gasteiger partial charge in [-0.3, -0.25) is 9.59 Å². The molecule has 0 radical (unpaired) electrons. The molecule has 0 aromatic rings. The second-order valence-electron chi connectivity index (χ2n) is 32.3. The Kier molecular flexibility index (Phi) is 80.1. The summed E-state index contributed by atoms with van der Waals surface area (Å²) in [6.07, 6.45) is 101. The average Bonchev–Trinajstić information content (AvgIpc) is 2.62. The third kappa shape index (κ3) is 83.2. The van der Waals surface area contributed by atoms with Crippen molar-refractivity contribution in [2.24, 2.45) is 0 Å². The lowest BCUT2D eigenvalue weighted by Gasteiger charge is -2.26. The fourth-order valence-electron chi connectivity index (χ4n) is 14.2. The van der Waals surface area contributed by atoms with Gasteiger partial charge in [0.25, 0.3) is 0 Å². The van der Waals surface area contributed by atoms with Crippen LogP contribution in [0.4, 0.5) is 0 Å². The van der Waals surface area contributed by atoms with Crippen LogP contribution >= 0.6 is 0 Å². The number of esters is 2. The summed E-state index contributed by atoms with van der Waals surface area (Å²) in [6.45, 7) is 4.86. The number of ether oxygens (including phenoxy) is 4. The van der Waals surface area contributed by atoms with Gasteiger partial charge in [-0.05, 0) is 38.5 Å². The normalized spacial score (nSPS) is 12.5. The summed E-state index contributed by atoms with van der Waals surface area (Å²) >= 11 is 0. The van der Waals surface area contributed by atoms with Crippen molar-refractivity contribution in [2.45, 2.75) is 501 Å². The summed E-state index contributed by atoms with van der Waals surface area (Å²) in [5.74, 6) is -2.24. The number of hydrogen-bond donors (Lipinski definition) is 0. The number of unbranched alkanes of at least 4 members (excludes halogenated alkanes) is 69. The minimum absolute atomic E-state index is 0.153. The first-order chi connectivity index (χ1) is 48.6. The zero-order chi connectivity index (χ0) is 71.8. The molecule has 0 fully saturated rings. The molecule has 2 atom stereocenters. The number of carboxylic acids is 1. The van der Waals surface area contributed by atoms with Crippen LogP contribution in [0.2, 0.25) is 0 Å². The number of quaternary nitrogens is 1. The SMILES string of the molecule is CCCCCCCCCC/C=C\CCCCCCCCCCCCCCCCCCCCCCCCCCCCCCCC(=O)OC(COC(=O)CCCCCCCCCCCCCCCCCCCCCCCCCCCCCCCCCCC)COC(OCC[N+](C)(C)C)C(=O)[O-]. The topological polar surface area (TPSA) is 111 Å². The van der Waals surface area contributed by atoms with Gasteiger partial charge >= 0.3 is 11.9 Å². The van der Waals surface area contributed by atoms with Crippen LogP contribution in [0.1, 0.15) is 489 Å². The molecule has 99 heavy (non-hydrogen) atoms. The number of rotatable bonds is 86. The molecular formula is C90H175NO8. The van der Waals surface area contributed by atoms with E-state index in [9.17, 15) is 19.5 Å². The van der Waals surface area contributed by atoms with Crippen LogP contribution < -0.4 is 5.11 Å². The Bertz CT molecular complexity index is 1630. The zero-order valence-corrected chi connectivity index (χ0v) is 67.7. The van der Waals surface area contributed by atoms with Crippen LogP contribution in [-0.4, -0.2) is 82.3 Å². The van der Waals surface area contributed by atoms with E-state index < -0.39 is 24.3 Å². The van der Waals surface area contributed by atoms with E-state index in [1.807, 2.05) is 21.1 Å². The van der Waals surface area contributed by atoms with E-state index in [4.69, 9.17) is 18.9 Å². The van der Waals surface area contributed by atoms with Gasteiger partial charge in [0, 0.05) is 12.8 Å². The van der Waals surface area contributed by atoms with Crippen molar-refractivity contribution in [1.29, 1.82) is 0 Å². The molecule has 0 saturated heterocycles. The number of allylic oxidation sites excluding steroid dienone is 2. The lowest BCUT2D eigenvalue weighted by molar-refractivity contribution is -0.870. The first kappa shape index (κ1) is 97.0. The van der Waals surface area contributed by atoms with Crippen LogP contribution in [0, 0.1) is 0 Å². The van der Waals surface area contributed by atoms with Crippen molar-refractivity contribution in [1.82, 2.24) is 0 Å². The summed E-state index contributed by atoms with van der Waals surface area (Å²) in [6, 6.07) is 0. The first-order valence-corrected chi connectivity index (χ1v) is 44.8. The van der Waals surface area contributed by atoms with Gasteiger partial charge in [-0.2, -0.15) is 0 Å². The summed E-state index contributed by atoms with van der Waals surface area (Å²) in [7, 11) is 5.96. The molecule has 0 aliphatic heterocycles. The lowest BCUT2D eigenvalue weighted by atomic mass is 10.0. The van der Waals surface area contributed by atoms with E-state index in [0.717, 1.165) is 38.5 Å². The molecule has 0 bridgehead atoms. The van der Waals surface area contributed by atoms with Gasteiger partial charge in [0.15, 0.2) is 12.4 Å². The molecule has 9 nitrogen and oxygen atoms in total. The number of likely N-dealkylation sites (N-methyl/N-ethyl adjacent to an activating group) is 1. The van der Waals surface area contributed by atoms with Gasteiger partial charge in [0.05, 0.1) is 40.3 Å². The third-order valence-electron chi connectivity index (χ3n) is 21.0. The molecule has 9 heteroatoms. The molecule has 0 N–H and O–H groups in total. The Morgan fingerprint density at radius 3 is 0.747 bits per heavy atom. The average molecular weight is 1400 g/mol. The van der Waals surface area contributed by atoms with Crippen LogP contribution in [0.25, 0.3) is 0 Å². The Morgan fingerprint density at radius 2 is 0.515 bits per heavy atom. The minimum Gasteiger partial charge on any atom is -0.545 e. The highest BCUT2D eigenvalue weighted by Crippen LogP contribution is 2.21. The van der Waals surface area contributed by atoms with Crippen molar-refractivity contribution >= 4 is 17.9 Å². The predicted molar refractivity (Wildman–Crippen MR) is 427 cm³/mol. The quantitative estimate of drug-likeness (QED) is 0.0195. The zero-order valence-electron chi connectivity index (χ0n) is 67.7. The number of carbonyl (C=O) groups is 3. The largest absolute Gasteiger partial charge is 0.545 e. The highest BCUT2D eigenvalue weighted by molar-refractivity contribution is 5.70. The van der Waals surface area contributed by atoms with Crippen LogP contribution in [-0.2, 0) is 33.3 Å². The molecule has 0 rings (SSSR count). The number of hydrogen-bond acceptors (Lipinski definition) is 8. The number of carboxylic acid groups (broad SMARTS) is 1. The molecule has 0 aliphatic carbocycles. The van der Waals surface area contributed by atoms with Crippen LogP contribution in [0.5, 0.6) is 0 Å². The molecule has 0 spiro atoms. The van der Waals surface area contributed by atoms with Crippen molar-refractivity contribution in [2.75, 3.05) is 47.5 Å². The summed E-state index contributed by atoms with van der Waals surface area (Å²) < 4.78 is 22.9. The van der Waals surface area contributed by atoms with Gasteiger partial charge < -0.3 is 33.3 Å². The Balaban J connectivity index is 3.87. The highest BCUT2D eigenvalue weighted by atomic mass is 16.7. The molecule has 0 aliphatic rings. The summed E-state index contributed by atoms with van der Waals surface area (Å²) in [4.78, 5) is 37.7. The standard InChI is InChI=1S/C90H175NO8/c1-6-8-10-12-14-16-18-20-22-24-26-28-30-32-34-36-38-40-41-42-43-44-45-46-47-49-51-53-55-57-59-61-63-65-67-69-71-73-75-77-79-81-88(93)99-86(85-98-90(89(94)95)96-83-82-91(3,4)5)84-97-87(92)80-78-76-74-72-70-68-66-64-62-60-58-56-54-52-50-48-39-37-35-33-31-29-27-25-23-21-19-17-15-13-11-9-7-2/h24,26,86,90H,6-23,25,27-85H2,1-5H3/b26-24-. The second kappa shape index (κ2) is 81.7. The van der Waals surface area contributed by atoms with Gasteiger partial charge in [0.2, 0.25) is 0 Å². The first-order valence-electron chi connectivity index (χ1n) is 44.8. The molecule has 0 amide bonds. The number of nitrogens with zero attached hydrogens (tertiary/aromatic N) is 1. The van der Waals surface area contributed by atoms with E-state index in [0.29, 0.717) is 17.4 Å². The maximum absolute atomic E-state index is 13.0. The minimum atomic E-state index is -1.62. The fraction of sp³-hybridized carbons (Fsp3) is 0.944. The maximum Gasteiger partial charge on any atom is 0.306 e. The molecular weight excluding hydrogens is 1220 g/mol. The van der Waals surface area contributed by atoms with E-state index >= 15 is 0 Å². The summed E-state index contributed by atoms with van der Waals surface area (Å²) in [5, 5.41) is 11.9. The predicted octanol–water partition coefficient (Wildman–Crippen LogP) is 27.7.